The summed E-state index contributed by atoms with van der Waals surface area (Å²) in [5.74, 6) is -2.68. The first-order valence-corrected chi connectivity index (χ1v) is 8.26. The van der Waals surface area contributed by atoms with Gasteiger partial charge in [0.1, 0.15) is 5.75 Å². The van der Waals surface area contributed by atoms with Gasteiger partial charge in [0.25, 0.3) is 0 Å². The molecule has 0 amide bonds. The number of aliphatic carboxylic acids is 2. The largest absolute Gasteiger partial charge is 0.496 e. The Morgan fingerprint density at radius 3 is 2.36 bits per heavy atom. The number of halogens is 1. The number of ether oxygens (including phenoxy) is 1. The number of carbonyl (C=O) groups is 2. The summed E-state index contributed by atoms with van der Waals surface area (Å²) in [6, 6.07) is 16.5. The van der Waals surface area contributed by atoms with Crippen molar-refractivity contribution in [2.24, 2.45) is 0 Å². The Balaban J connectivity index is 0.000000450. The van der Waals surface area contributed by atoms with Crippen molar-refractivity contribution in [2.75, 3.05) is 13.7 Å². The van der Waals surface area contributed by atoms with E-state index >= 15 is 0 Å². The van der Waals surface area contributed by atoms with Crippen LogP contribution in [0.3, 0.4) is 0 Å². The summed E-state index contributed by atoms with van der Waals surface area (Å²) in [6.07, 6.45) is 0.970. The van der Waals surface area contributed by atoms with Crippen LogP contribution in [0.25, 0.3) is 0 Å². The van der Waals surface area contributed by atoms with Crippen LogP contribution >= 0.6 is 15.9 Å². The average Bonchev–Trinajstić information content (AvgIpc) is 2.59. The van der Waals surface area contributed by atoms with Crippen LogP contribution in [-0.4, -0.2) is 35.8 Å². The number of benzene rings is 2. The number of hydrogen-bond acceptors (Lipinski definition) is 4. The maximum Gasteiger partial charge on any atom is 0.414 e. The monoisotopic (exact) mass is 409 g/mol. The summed E-state index contributed by atoms with van der Waals surface area (Å²) < 4.78 is 6.46. The lowest BCUT2D eigenvalue weighted by molar-refractivity contribution is -0.159. The second kappa shape index (κ2) is 11.2. The molecule has 0 atom stereocenters. The molecule has 0 fully saturated rings. The van der Waals surface area contributed by atoms with Gasteiger partial charge >= 0.3 is 11.9 Å². The highest BCUT2D eigenvalue weighted by Crippen LogP contribution is 2.17. The van der Waals surface area contributed by atoms with Crippen molar-refractivity contribution in [1.29, 1.82) is 0 Å². The van der Waals surface area contributed by atoms with Crippen molar-refractivity contribution in [3.63, 3.8) is 0 Å². The minimum absolute atomic E-state index is 0.884. The normalized spacial score (nSPS) is 9.68. The van der Waals surface area contributed by atoms with Gasteiger partial charge in [-0.1, -0.05) is 46.3 Å². The van der Waals surface area contributed by atoms with Crippen LogP contribution in [0.4, 0.5) is 0 Å². The maximum absolute atomic E-state index is 9.10. The van der Waals surface area contributed by atoms with Gasteiger partial charge in [0.05, 0.1) is 7.11 Å². The van der Waals surface area contributed by atoms with Crippen molar-refractivity contribution < 1.29 is 24.5 Å². The predicted octanol–water partition coefficient (Wildman–Crippen LogP) is 2.95. The molecule has 0 aliphatic carbocycles. The Morgan fingerprint density at radius 1 is 1.08 bits per heavy atom. The Kier molecular flexibility index (Phi) is 9.28. The second-order valence-corrected chi connectivity index (χ2v) is 5.89. The Hall–Kier alpha value is -2.38. The Bertz CT molecular complexity index is 693. The van der Waals surface area contributed by atoms with Gasteiger partial charge < -0.3 is 20.3 Å². The molecular weight excluding hydrogens is 390 g/mol. The van der Waals surface area contributed by atoms with Crippen molar-refractivity contribution in [2.45, 2.75) is 13.0 Å². The highest BCUT2D eigenvalue weighted by Gasteiger charge is 2.04. The zero-order chi connectivity index (χ0) is 18.7. The fourth-order valence-electron chi connectivity index (χ4n) is 2.01. The average molecular weight is 410 g/mol. The molecule has 2 aromatic carbocycles. The van der Waals surface area contributed by atoms with E-state index in [-0.39, 0.29) is 0 Å². The molecule has 0 aliphatic heterocycles. The third kappa shape index (κ3) is 8.32. The van der Waals surface area contributed by atoms with E-state index in [0.29, 0.717) is 0 Å². The molecule has 7 heteroatoms. The predicted molar refractivity (Wildman–Crippen MR) is 97.8 cm³/mol. The van der Waals surface area contributed by atoms with E-state index in [1.165, 1.54) is 11.1 Å². The molecule has 25 heavy (non-hydrogen) atoms. The van der Waals surface area contributed by atoms with E-state index in [2.05, 4.69) is 45.5 Å². The second-order valence-electron chi connectivity index (χ2n) is 4.98. The molecule has 3 N–H and O–H groups in total. The quantitative estimate of drug-likeness (QED) is 0.501. The lowest BCUT2D eigenvalue weighted by Gasteiger charge is -2.09. The van der Waals surface area contributed by atoms with Gasteiger partial charge in [-0.3, -0.25) is 0 Å². The van der Waals surface area contributed by atoms with E-state index in [9.17, 15) is 0 Å². The highest BCUT2D eigenvalue weighted by atomic mass is 79.9. The number of hydrogen-bond donors (Lipinski definition) is 3. The first-order valence-electron chi connectivity index (χ1n) is 7.47. The molecule has 0 saturated carbocycles. The molecule has 0 radical (unpaired) electrons. The van der Waals surface area contributed by atoms with Crippen LogP contribution in [0, 0.1) is 0 Å². The van der Waals surface area contributed by atoms with Gasteiger partial charge in [-0.25, -0.2) is 9.59 Å². The van der Waals surface area contributed by atoms with Gasteiger partial charge in [-0.15, -0.1) is 0 Å². The number of methoxy groups -OCH3 is 1. The molecule has 0 saturated heterocycles. The minimum atomic E-state index is -1.82. The fourth-order valence-corrected chi connectivity index (χ4v) is 2.46. The molecule has 0 heterocycles. The molecule has 6 nitrogen and oxygen atoms in total. The highest BCUT2D eigenvalue weighted by molar-refractivity contribution is 9.10. The molecule has 0 aliphatic rings. The zero-order valence-electron chi connectivity index (χ0n) is 13.7. The van der Waals surface area contributed by atoms with Crippen molar-refractivity contribution in [3.8, 4) is 5.75 Å². The van der Waals surface area contributed by atoms with Crippen molar-refractivity contribution >= 4 is 27.9 Å². The first-order chi connectivity index (χ1) is 11.9. The van der Waals surface area contributed by atoms with Crippen LogP contribution in [-0.2, 0) is 22.6 Å². The standard InChI is InChI=1S/C16H18BrNO.C2H2O4/c1-19-16-8-3-2-6-14(16)9-10-18-12-13-5-4-7-15(17)11-13;3-1(4)2(5)6/h2-8,11,18H,9-10,12H2,1H3;(H,3,4)(H,5,6). The summed E-state index contributed by atoms with van der Waals surface area (Å²) >= 11 is 3.48. The minimum Gasteiger partial charge on any atom is -0.496 e. The van der Waals surface area contributed by atoms with E-state index < -0.39 is 11.9 Å². The number of carboxylic acid groups (broad SMARTS) is 2. The smallest absolute Gasteiger partial charge is 0.414 e. The van der Waals surface area contributed by atoms with Crippen LogP contribution in [0.5, 0.6) is 5.75 Å². The molecule has 0 spiro atoms. The SMILES string of the molecule is COc1ccccc1CCNCc1cccc(Br)c1.O=C(O)C(=O)O. The van der Waals surface area contributed by atoms with Crippen LogP contribution < -0.4 is 10.1 Å². The number of nitrogens with one attached hydrogen (secondary N) is 1. The summed E-state index contributed by atoms with van der Waals surface area (Å²) in [5, 5.41) is 18.2. The maximum atomic E-state index is 9.10. The van der Waals surface area contributed by atoms with Gasteiger partial charge in [-0.2, -0.15) is 0 Å². The van der Waals surface area contributed by atoms with E-state index in [4.69, 9.17) is 24.5 Å². The van der Waals surface area contributed by atoms with Gasteiger partial charge in [0, 0.05) is 11.0 Å². The number of para-hydroxylation sites is 1. The zero-order valence-corrected chi connectivity index (χ0v) is 15.3. The lowest BCUT2D eigenvalue weighted by atomic mass is 10.1. The van der Waals surface area contributed by atoms with Crippen molar-refractivity contribution in [3.05, 3.63) is 64.1 Å². The van der Waals surface area contributed by atoms with Crippen LogP contribution in [0.1, 0.15) is 11.1 Å². The van der Waals surface area contributed by atoms with E-state index in [0.717, 1.165) is 29.7 Å². The molecule has 134 valence electrons. The lowest BCUT2D eigenvalue weighted by Crippen LogP contribution is -2.16. The molecule has 0 aromatic heterocycles. The summed E-state index contributed by atoms with van der Waals surface area (Å²) in [6.45, 7) is 1.82. The fraction of sp³-hybridized carbons (Fsp3) is 0.222. The van der Waals surface area contributed by atoms with Gasteiger partial charge in [0.15, 0.2) is 0 Å². The molecule has 0 unspecified atom stereocenters. The first kappa shape index (κ1) is 20.7. The molecular formula is C18H20BrNO5. The Labute approximate surface area is 154 Å². The molecule has 2 aromatic rings. The number of carboxylic acids is 2. The summed E-state index contributed by atoms with van der Waals surface area (Å²) in [4.78, 5) is 18.2. The van der Waals surface area contributed by atoms with Crippen molar-refractivity contribution in [1.82, 2.24) is 5.32 Å². The third-order valence-electron chi connectivity index (χ3n) is 3.16. The summed E-state index contributed by atoms with van der Waals surface area (Å²) in [7, 11) is 1.72. The van der Waals surface area contributed by atoms with Gasteiger partial charge in [-0.05, 0) is 42.3 Å². The van der Waals surface area contributed by atoms with Crippen LogP contribution in [0.15, 0.2) is 53.0 Å². The van der Waals surface area contributed by atoms with Gasteiger partial charge in [0.2, 0.25) is 0 Å². The molecule has 2 rings (SSSR count). The van der Waals surface area contributed by atoms with Crippen LogP contribution in [0.2, 0.25) is 0 Å². The third-order valence-corrected chi connectivity index (χ3v) is 3.66. The Morgan fingerprint density at radius 2 is 1.76 bits per heavy atom. The topological polar surface area (TPSA) is 95.9 Å². The summed E-state index contributed by atoms with van der Waals surface area (Å²) in [5.41, 5.74) is 2.53. The number of rotatable bonds is 6. The molecule has 0 bridgehead atoms. The van der Waals surface area contributed by atoms with E-state index in [1.54, 1.807) is 7.11 Å². The van der Waals surface area contributed by atoms with E-state index in [1.807, 2.05) is 24.3 Å².